The number of para-hydroxylation sites is 1. The molecule has 2 aromatic heterocycles. The summed E-state index contributed by atoms with van der Waals surface area (Å²) in [6.45, 7) is 0. The molecule has 0 unspecified atom stereocenters. The van der Waals surface area contributed by atoms with Crippen LogP contribution in [-0.4, -0.2) is 29.6 Å². The molecule has 5 rings (SSSR count). The Balaban J connectivity index is 1.40. The van der Waals surface area contributed by atoms with Crippen molar-refractivity contribution in [2.75, 3.05) is 14.2 Å². The Morgan fingerprint density at radius 1 is 0.949 bits per heavy atom. The number of carbonyl (C=O) groups excluding carboxylic acids is 1. The van der Waals surface area contributed by atoms with Crippen molar-refractivity contribution < 1.29 is 19.0 Å². The largest absolute Gasteiger partial charge is 0.493 e. The molecule has 0 bridgehead atoms. The maximum absolute atomic E-state index is 13.2. The van der Waals surface area contributed by atoms with Crippen LogP contribution >= 0.6 is 27.5 Å². The van der Waals surface area contributed by atoms with E-state index in [0.29, 0.717) is 49.3 Å². The Morgan fingerprint density at radius 2 is 1.69 bits per heavy atom. The number of benzene rings is 3. The predicted molar refractivity (Wildman–Crippen MR) is 154 cm³/mol. The molecule has 0 saturated heterocycles. The second-order valence-corrected chi connectivity index (χ2v) is 9.89. The summed E-state index contributed by atoms with van der Waals surface area (Å²) >= 11 is 9.97. The van der Waals surface area contributed by atoms with Gasteiger partial charge in [0.15, 0.2) is 17.3 Å². The Labute approximate surface area is 237 Å². The number of nitrogens with zero attached hydrogens (tertiary/aromatic N) is 2. The molecule has 196 valence electrons. The van der Waals surface area contributed by atoms with Crippen LogP contribution in [0.3, 0.4) is 0 Å². The van der Waals surface area contributed by atoms with Crippen molar-refractivity contribution in [3.8, 4) is 28.7 Å². The number of ether oxygens (including phenoxy) is 3. The van der Waals surface area contributed by atoms with E-state index < -0.39 is 5.56 Å². The van der Waals surface area contributed by atoms with E-state index in [1.165, 1.54) is 10.6 Å². The molecule has 0 spiro atoms. The zero-order valence-corrected chi connectivity index (χ0v) is 23.3. The smallest absolute Gasteiger partial charge is 0.266 e. The molecule has 0 fully saturated rings. The van der Waals surface area contributed by atoms with Gasteiger partial charge in [-0.1, -0.05) is 35.9 Å². The standard InChI is InChI=1S/C30H22BrClN2O5/c1-37-28-15-22-25(16-29(28)38-2)33-11-10-27(22)39-21-9-8-18(24(32)14-21)12-26(35)23-13-19(31)17-34(30(23)36)20-6-4-3-5-7-20/h3-11,13-17H,12H2,1-2H3. The van der Waals surface area contributed by atoms with Crippen LogP contribution in [0, 0.1) is 0 Å². The van der Waals surface area contributed by atoms with E-state index in [0.717, 1.165) is 5.39 Å². The van der Waals surface area contributed by atoms with Gasteiger partial charge in [0.25, 0.3) is 5.56 Å². The van der Waals surface area contributed by atoms with Gasteiger partial charge < -0.3 is 14.2 Å². The number of rotatable bonds is 8. The van der Waals surface area contributed by atoms with Gasteiger partial charge in [0.05, 0.1) is 25.3 Å². The van der Waals surface area contributed by atoms with Crippen molar-refractivity contribution >= 4 is 44.2 Å². The van der Waals surface area contributed by atoms with E-state index in [9.17, 15) is 9.59 Å². The third-order valence-electron chi connectivity index (χ3n) is 6.13. The summed E-state index contributed by atoms with van der Waals surface area (Å²) in [5.74, 6) is 1.80. The summed E-state index contributed by atoms with van der Waals surface area (Å²) in [7, 11) is 3.12. The number of halogens is 2. The molecule has 3 aromatic carbocycles. The van der Waals surface area contributed by atoms with Gasteiger partial charge in [0, 0.05) is 45.4 Å². The molecule has 7 nitrogen and oxygen atoms in total. The van der Waals surface area contributed by atoms with Crippen LogP contribution in [0.25, 0.3) is 16.6 Å². The summed E-state index contributed by atoms with van der Waals surface area (Å²) in [6, 6.07) is 21.1. The Hall–Kier alpha value is -4.14. The molecule has 0 aliphatic carbocycles. The molecule has 5 aromatic rings. The molecule has 0 amide bonds. The molecule has 0 aliphatic heterocycles. The van der Waals surface area contributed by atoms with E-state index >= 15 is 0 Å². The van der Waals surface area contributed by atoms with Crippen molar-refractivity contribution in [3.05, 3.63) is 116 Å². The fourth-order valence-electron chi connectivity index (χ4n) is 4.20. The van der Waals surface area contributed by atoms with E-state index in [1.807, 2.05) is 18.2 Å². The summed E-state index contributed by atoms with van der Waals surface area (Å²) < 4.78 is 19.0. The zero-order valence-electron chi connectivity index (χ0n) is 21.0. The number of carbonyl (C=O) groups is 1. The van der Waals surface area contributed by atoms with Gasteiger partial charge in [-0.25, -0.2) is 0 Å². The second-order valence-electron chi connectivity index (χ2n) is 8.57. The third-order valence-corrected chi connectivity index (χ3v) is 6.91. The van der Waals surface area contributed by atoms with Gasteiger partial charge in [-0.15, -0.1) is 0 Å². The van der Waals surface area contributed by atoms with Crippen LogP contribution in [0.2, 0.25) is 5.02 Å². The van der Waals surface area contributed by atoms with Gasteiger partial charge in [0.2, 0.25) is 0 Å². The first-order chi connectivity index (χ1) is 18.9. The lowest BCUT2D eigenvalue weighted by atomic mass is 10.0. The first-order valence-corrected chi connectivity index (χ1v) is 13.0. The van der Waals surface area contributed by atoms with E-state index in [1.54, 1.807) is 75.1 Å². The average Bonchev–Trinajstić information content (AvgIpc) is 2.95. The Bertz CT molecular complexity index is 1750. The number of ketones is 1. The highest BCUT2D eigenvalue weighted by Gasteiger charge is 2.18. The van der Waals surface area contributed by atoms with Crippen LogP contribution in [-0.2, 0) is 6.42 Å². The Morgan fingerprint density at radius 3 is 2.41 bits per heavy atom. The lowest BCUT2D eigenvalue weighted by molar-refractivity contribution is 0.0991. The SMILES string of the molecule is COc1cc2nccc(Oc3ccc(CC(=O)c4cc(Br)cn(-c5ccccc5)c4=O)c(Cl)c3)c2cc1OC. The number of methoxy groups -OCH3 is 2. The van der Waals surface area contributed by atoms with Crippen molar-refractivity contribution in [2.24, 2.45) is 0 Å². The predicted octanol–water partition coefficient (Wildman–Crippen LogP) is 7.04. The number of pyridine rings is 2. The second kappa shape index (κ2) is 11.3. The highest BCUT2D eigenvalue weighted by Crippen LogP contribution is 2.37. The van der Waals surface area contributed by atoms with Crippen LogP contribution in [0.4, 0.5) is 0 Å². The summed E-state index contributed by atoms with van der Waals surface area (Å²) in [5.41, 5.74) is 1.58. The first-order valence-electron chi connectivity index (χ1n) is 11.9. The highest BCUT2D eigenvalue weighted by atomic mass is 79.9. The molecule has 0 radical (unpaired) electrons. The molecule has 0 saturated carbocycles. The quantitative estimate of drug-likeness (QED) is 0.177. The zero-order chi connectivity index (χ0) is 27.5. The topological polar surface area (TPSA) is 79.7 Å². The molecule has 0 atom stereocenters. The van der Waals surface area contributed by atoms with E-state index in [2.05, 4.69) is 20.9 Å². The normalized spacial score (nSPS) is 10.9. The van der Waals surface area contributed by atoms with Crippen LogP contribution in [0.15, 0.2) is 94.5 Å². The summed E-state index contributed by atoms with van der Waals surface area (Å²) in [4.78, 5) is 30.7. The number of fused-ring (bicyclic) bond motifs is 1. The lowest BCUT2D eigenvalue weighted by Gasteiger charge is -2.13. The third kappa shape index (κ3) is 5.53. The van der Waals surface area contributed by atoms with Gasteiger partial charge in [-0.3, -0.25) is 19.1 Å². The van der Waals surface area contributed by atoms with Crippen molar-refractivity contribution in [1.82, 2.24) is 9.55 Å². The van der Waals surface area contributed by atoms with E-state index in [4.69, 9.17) is 25.8 Å². The number of hydrogen-bond acceptors (Lipinski definition) is 6. The molecule has 2 heterocycles. The molecule has 0 N–H and O–H groups in total. The number of aromatic nitrogens is 2. The van der Waals surface area contributed by atoms with Gasteiger partial charge in [0.1, 0.15) is 11.5 Å². The first kappa shape index (κ1) is 26.5. The maximum Gasteiger partial charge on any atom is 0.266 e. The van der Waals surface area contributed by atoms with Crippen LogP contribution in [0.1, 0.15) is 15.9 Å². The molecule has 39 heavy (non-hydrogen) atoms. The molecular weight excluding hydrogens is 584 g/mol. The van der Waals surface area contributed by atoms with Gasteiger partial charge >= 0.3 is 0 Å². The molecule has 0 aliphatic rings. The monoisotopic (exact) mass is 604 g/mol. The fraction of sp³-hybridized carbons (Fsp3) is 0.100. The van der Waals surface area contributed by atoms with Crippen molar-refractivity contribution in [1.29, 1.82) is 0 Å². The van der Waals surface area contributed by atoms with Crippen LogP contribution < -0.4 is 19.8 Å². The van der Waals surface area contributed by atoms with E-state index in [-0.39, 0.29) is 17.8 Å². The van der Waals surface area contributed by atoms with Crippen molar-refractivity contribution in [2.45, 2.75) is 6.42 Å². The van der Waals surface area contributed by atoms with Gasteiger partial charge in [-0.2, -0.15) is 0 Å². The minimum Gasteiger partial charge on any atom is -0.493 e. The lowest BCUT2D eigenvalue weighted by Crippen LogP contribution is -2.25. The Kier molecular flexibility index (Phi) is 7.67. The fourth-order valence-corrected chi connectivity index (χ4v) is 4.87. The summed E-state index contributed by atoms with van der Waals surface area (Å²) in [6.07, 6.45) is 3.23. The average molecular weight is 606 g/mol. The van der Waals surface area contributed by atoms with Crippen molar-refractivity contribution in [3.63, 3.8) is 0 Å². The minimum absolute atomic E-state index is 0.0468. The van der Waals surface area contributed by atoms with Crippen LogP contribution in [0.5, 0.6) is 23.0 Å². The maximum atomic E-state index is 13.2. The number of hydrogen-bond donors (Lipinski definition) is 0. The number of Topliss-reactive ketones (excluding diaryl/α,β-unsaturated/α-hetero) is 1. The molecule has 9 heteroatoms. The van der Waals surface area contributed by atoms with Gasteiger partial charge in [-0.05, 0) is 64.0 Å². The molecular formula is C30H22BrClN2O5. The summed E-state index contributed by atoms with van der Waals surface area (Å²) in [5, 5.41) is 1.08. The highest BCUT2D eigenvalue weighted by molar-refractivity contribution is 9.10. The minimum atomic E-state index is -0.401.